The topological polar surface area (TPSA) is 68.9 Å². The number of carbonyl (C=O) groups is 1. The molecule has 0 spiro atoms. The summed E-state index contributed by atoms with van der Waals surface area (Å²) < 4.78 is 5.63. The quantitative estimate of drug-likeness (QED) is 0.740. The van der Waals surface area contributed by atoms with E-state index in [9.17, 15) is 4.79 Å². The number of nitrogens with zero attached hydrogens (tertiary/aromatic N) is 3. The Kier molecular flexibility index (Phi) is 3.23. The number of carbonyl (C=O) groups excluding carboxylic acids is 1. The first-order chi connectivity index (χ1) is 10.8. The van der Waals surface area contributed by atoms with Crippen LogP contribution in [0.4, 0.5) is 0 Å². The van der Waals surface area contributed by atoms with Crippen LogP contribution in [0.3, 0.4) is 0 Å². The molecule has 0 N–H and O–H groups in total. The number of benzene rings is 1. The summed E-state index contributed by atoms with van der Waals surface area (Å²) in [6.45, 7) is 0. The molecule has 22 heavy (non-hydrogen) atoms. The zero-order valence-corrected chi connectivity index (χ0v) is 12.3. The molecule has 2 heterocycles. The van der Waals surface area contributed by atoms with Gasteiger partial charge in [-0.15, -0.1) is 10.2 Å². The molecule has 1 aliphatic rings. The van der Waals surface area contributed by atoms with Crippen molar-refractivity contribution in [2.24, 2.45) is 0 Å². The largest absolute Gasteiger partial charge is 0.411 e. The SMILES string of the molecule is O=C1c2ccccc2C[C@@H]1Sc1nnc(-c2cccnc2)o1. The first kappa shape index (κ1) is 13.2. The Morgan fingerprint density at radius 2 is 2.05 bits per heavy atom. The molecular formula is C16H11N3O2S. The Morgan fingerprint density at radius 3 is 2.86 bits per heavy atom. The smallest absolute Gasteiger partial charge is 0.277 e. The number of fused-ring (bicyclic) bond motifs is 1. The lowest BCUT2D eigenvalue weighted by Gasteiger charge is -2.02. The molecule has 1 aliphatic carbocycles. The number of thioether (sulfide) groups is 1. The minimum Gasteiger partial charge on any atom is -0.411 e. The molecule has 2 aromatic heterocycles. The highest BCUT2D eigenvalue weighted by molar-refractivity contribution is 8.00. The van der Waals surface area contributed by atoms with Gasteiger partial charge in [0.1, 0.15) is 0 Å². The highest BCUT2D eigenvalue weighted by Crippen LogP contribution is 2.34. The van der Waals surface area contributed by atoms with Crippen molar-refractivity contribution in [3.63, 3.8) is 0 Å². The van der Waals surface area contributed by atoms with Crippen LogP contribution < -0.4 is 0 Å². The lowest BCUT2D eigenvalue weighted by atomic mass is 10.1. The number of pyridine rings is 1. The summed E-state index contributed by atoms with van der Waals surface area (Å²) in [5.74, 6) is 0.542. The molecule has 0 saturated heterocycles. The van der Waals surface area contributed by atoms with Crippen LogP contribution in [0.2, 0.25) is 0 Å². The standard InChI is InChI=1S/C16H11N3O2S/c20-14-12-6-2-1-4-10(12)8-13(14)22-16-19-18-15(21-16)11-5-3-7-17-9-11/h1-7,9,13H,8H2/t13-/m0/s1. The van der Waals surface area contributed by atoms with Crippen molar-refractivity contribution >= 4 is 17.5 Å². The highest BCUT2D eigenvalue weighted by Gasteiger charge is 2.32. The van der Waals surface area contributed by atoms with E-state index in [-0.39, 0.29) is 11.0 Å². The first-order valence-electron chi connectivity index (χ1n) is 6.84. The molecule has 0 fully saturated rings. The van der Waals surface area contributed by atoms with Crippen molar-refractivity contribution in [1.29, 1.82) is 0 Å². The predicted octanol–water partition coefficient (Wildman–Crippen LogP) is 3.03. The highest BCUT2D eigenvalue weighted by atomic mass is 32.2. The second-order valence-electron chi connectivity index (χ2n) is 4.95. The zero-order chi connectivity index (χ0) is 14.9. The molecule has 0 unspecified atom stereocenters. The average molecular weight is 309 g/mol. The molecule has 6 heteroatoms. The molecule has 0 amide bonds. The molecule has 1 aromatic carbocycles. The Balaban J connectivity index is 1.54. The summed E-state index contributed by atoms with van der Waals surface area (Å²) in [6, 6.07) is 11.4. The summed E-state index contributed by atoms with van der Waals surface area (Å²) in [7, 11) is 0. The van der Waals surface area contributed by atoms with Crippen molar-refractivity contribution in [2.45, 2.75) is 16.9 Å². The summed E-state index contributed by atoms with van der Waals surface area (Å²) in [5, 5.41) is 8.25. The van der Waals surface area contributed by atoms with Gasteiger partial charge in [-0.25, -0.2) is 0 Å². The van der Waals surface area contributed by atoms with Gasteiger partial charge in [-0.2, -0.15) is 0 Å². The first-order valence-corrected chi connectivity index (χ1v) is 7.72. The summed E-state index contributed by atoms with van der Waals surface area (Å²) >= 11 is 1.32. The molecule has 1 atom stereocenters. The second-order valence-corrected chi connectivity index (χ2v) is 6.10. The maximum atomic E-state index is 12.4. The average Bonchev–Trinajstić information content (AvgIpc) is 3.15. The van der Waals surface area contributed by atoms with Gasteiger partial charge in [-0.05, 0) is 24.1 Å². The van der Waals surface area contributed by atoms with E-state index in [1.807, 2.05) is 36.4 Å². The zero-order valence-electron chi connectivity index (χ0n) is 11.5. The number of Topliss-reactive ketones (excluding diaryl/α,β-unsaturated/α-hetero) is 1. The third-order valence-electron chi connectivity index (χ3n) is 3.54. The van der Waals surface area contributed by atoms with Crippen LogP contribution in [0.1, 0.15) is 15.9 Å². The van der Waals surface area contributed by atoms with Crippen molar-refractivity contribution in [3.05, 3.63) is 59.9 Å². The number of aromatic nitrogens is 3. The van der Waals surface area contributed by atoms with Gasteiger partial charge in [0.25, 0.3) is 5.22 Å². The van der Waals surface area contributed by atoms with E-state index in [1.54, 1.807) is 12.4 Å². The molecule has 4 rings (SSSR count). The van der Waals surface area contributed by atoms with Crippen LogP contribution in [0.15, 0.2) is 58.4 Å². The second kappa shape index (κ2) is 5.38. The monoisotopic (exact) mass is 309 g/mol. The van der Waals surface area contributed by atoms with E-state index < -0.39 is 0 Å². The minimum atomic E-state index is -0.195. The van der Waals surface area contributed by atoms with Crippen molar-refractivity contribution in [1.82, 2.24) is 15.2 Å². The van der Waals surface area contributed by atoms with Gasteiger partial charge in [0.05, 0.1) is 10.8 Å². The Hall–Kier alpha value is -2.47. The van der Waals surface area contributed by atoms with Gasteiger partial charge in [-0.3, -0.25) is 9.78 Å². The van der Waals surface area contributed by atoms with Gasteiger partial charge in [0.15, 0.2) is 5.78 Å². The Labute approximate surface area is 130 Å². The van der Waals surface area contributed by atoms with Gasteiger partial charge in [0.2, 0.25) is 5.89 Å². The Bertz CT molecular complexity index is 832. The fraction of sp³-hybridized carbons (Fsp3) is 0.125. The fourth-order valence-corrected chi connectivity index (χ4v) is 3.44. The number of hydrogen-bond acceptors (Lipinski definition) is 6. The fourth-order valence-electron chi connectivity index (χ4n) is 2.48. The van der Waals surface area contributed by atoms with Gasteiger partial charge < -0.3 is 4.42 Å². The van der Waals surface area contributed by atoms with E-state index >= 15 is 0 Å². The minimum absolute atomic E-state index is 0.127. The number of rotatable bonds is 3. The Morgan fingerprint density at radius 1 is 1.14 bits per heavy atom. The van der Waals surface area contributed by atoms with Crippen LogP contribution in [-0.2, 0) is 6.42 Å². The van der Waals surface area contributed by atoms with E-state index in [0.29, 0.717) is 17.5 Å². The number of hydrogen-bond donors (Lipinski definition) is 0. The molecule has 108 valence electrons. The van der Waals surface area contributed by atoms with Crippen LogP contribution in [-0.4, -0.2) is 26.2 Å². The van der Waals surface area contributed by atoms with Crippen molar-refractivity contribution < 1.29 is 9.21 Å². The molecule has 3 aromatic rings. The van der Waals surface area contributed by atoms with E-state index in [2.05, 4.69) is 15.2 Å². The van der Waals surface area contributed by atoms with Crippen LogP contribution in [0.5, 0.6) is 0 Å². The third kappa shape index (κ3) is 2.31. The maximum Gasteiger partial charge on any atom is 0.277 e. The third-order valence-corrected chi connectivity index (χ3v) is 4.57. The van der Waals surface area contributed by atoms with E-state index in [1.165, 1.54) is 11.8 Å². The maximum absolute atomic E-state index is 12.4. The molecule has 0 saturated carbocycles. The van der Waals surface area contributed by atoms with Crippen LogP contribution in [0.25, 0.3) is 11.5 Å². The van der Waals surface area contributed by atoms with Crippen LogP contribution >= 0.6 is 11.8 Å². The van der Waals surface area contributed by atoms with Gasteiger partial charge >= 0.3 is 0 Å². The molecule has 0 bridgehead atoms. The lowest BCUT2D eigenvalue weighted by Crippen LogP contribution is -2.10. The van der Waals surface area contributed by atoms with Crippen molar-refractivity contribution in [2.75, 3.05) is 0 Å². The van der Waals surface area contributed by atoms with Gasteiger partial charge in [-0.1, -0.05) is 36.0 Å². The predicted molar refractivity (Wildman–Crippen MR) is 81.7 cm³/mol. The van der Waals surface area contributed by atoms with E-state index in [0.717, 1.165) is 16.7 Å². The summed E-state index contributed by atoms with van der Waals surface area (Å²) in [4.78, 5) is 16.4. The molecule has 5 nitrogen and oxygen atoms in total. The van der Waals surface area contributed by atoms with Crippen molar-refractivity contribution in [3.8, 4) is 11.5 Å². The normalized spacial score (nSPS) is 16.7. The number of ketones is 1. The molecule has 0 aliphatic heterocycles. The lowest BCUT2D eigenvalue weighted by molar-refractivity contribution is 0.1000. The summed E-state index contributed by atoms with van der Waals surface area (Å²) in [6.07, 6.45) is 4.05. The van der Waals surface area contributed by atoms with Gasteiger partial charge in [0, 0.05) is 18.0 Å². The molecular weight excluding hydrogens is 298 g/mol. The summed E-state index contributed by atoms with van der Waals surface area (Å²) in [5.41, 5.74) is 2.65. The van der Waals surface area contributed by atoms with E-state index in [4.69, 9.17) is 4.42 Å². The molecule has 0 radical (unpaired) electrons. The van der Waals surface area contributed by atoms with Crippen LogP contribution in [0, 0.1) is 0 Å².